The zero-order valence-corrected chi connectivity index (χ0v) is 15.0. The van der Waals surface area contributed by atoms with Crippen LogP contribution in [0.25, 0.3) is 11.3 Å². The predicted octanol–water partition coefficient (Wildman–Crippen LogP) is 3.01. The van der Waals surface area contributed by atoms with E-state index in [9.17, 15) is 4.79 Å². The van der Waals surface area contributed by atoms with Crippen molar-refractivity contribution in [1.29, 1.82) is 0 Å². The standard InChI is InChI=1S/C18H24N4O.ClH/c1-12-3-5-14(6-4-12)16-10-17(21-20-16)18(23)22-8-7-13(2)9-15(22)11-19;/h3-6,10,13,15H,7-9,11,19H2,1-2H3,(H,20,21);1H. The van der Waals surface area contributed by atoms with E-state index in [-0.39, 0.29) is 24.4 Å². The molecule has 130 valence electrons. The summed E-state index contributed by atoms with van der Waals surface area (Å²) in [6, 6.07) is 10.1. The Morgan fingerprint density at radius 1 is 1.38 bits per heavy atom. The Balaban J connectivity index is 0.00000208. The van der Waals surface area contributed by atoms with Gasteiger partial charge in [0.15, 0.2) is 0 Å². The zero-order chi connectivity index (χ0) is 16.4. The Morgan fingerprint density at radius 2 is 2.08 bits per heavy atom. The lowest BCUT2D eigenvalue weighted by Crippen LogP contribution is -2.49. The van der Waals surface area contributed by atoms with Crippen molar-refractivity contribution in [3.05, 3.63) is 41.6 Å². The molecule has 1 aromatic heterocycles. The second-order valence-corrected chi connectivity index (χ2v) is 6.55. The van der Waals surface area contributed by atoms with E-state index in [0.29, 0.717) is 18.2 Å². The molecule has 0 aliphatic carbocycles. The fraction of sp³-hybridized carbons (Fsp3) is 0.444. The van der Waals surface area contributed by atoms with E-state index in [0.717, 1.165) is 30.6 Å². The van der Waals surface area contributed by atoms with Gasteiger partial charge < -0.3 is 10.6 Å². The molecule has 3 rings (SSSR count). The third-order valence-corrected chi connectivity index (χ3v) is 4.67. The van der Waals surface area contributed by atoms with Crippen molar-refractivity contribution in [2.24, 2.45) is 11.7 Å². The van der Waals surface area contributed by atoms with E-state index >= 15 is 0 Å². The number of aromatic nitrogens is 2. The number of hydrogen-bond acceptors (Lipinski definition) is 3. The third kappa shape index (κ3) is 3.79. The Labute approximate surface area is 149 Å². The number of amides is 1. The van der Waals surface area contributed by atoms with Crippen molar-refractivity contribution in [1.82, 2.24) is 15.1 Å². The Hall–Kier alpha value is -1.85. The first kappa shape index (κ1) is 18.5. The summed E-state index contributed by atoms with van der Waals surface area (Å²) >= 11 is 0. The van der Waals surface area contributed by atoms with E-state index in [1.54, 1.807) is 0 Å². The number of nitrogens with zero attached hydrogens (tertiary/aromatic N) is 2. The molecule has 1 fully saturated rings. The molecule has 2 aromatic rings. The number of rotatable bonds is 3. The summed E-state index contributed by atoms with van der Waals surface area (Å²) in [6.45, 7) is 5.54. The van der Waals surface area contributed by atoms with Crippen LogP contribution >= 0.6 is 12.4 Å². The van der Waals surface area contributed by atoms with Gasteiger partial charge in [0.25, 0.3) is 5.91 Å². The molecular formula is C18H25ClN4O. The maximum atomic E-state index is 12.8. The Kier molecular flexibility index (Phi) is 6.02. The van der Waals surface area contributed by atoms with E-state index in [1.165, 1.54) is 5.56 Å². The molecule has 1 aliphatic heterocycles. The number of aryl methyl sites for hydroxylation is 1. The van der Waals surface area contributed by atoms with Gasteiger partial charge in [0.2, 0.25) is 0 Å². The smallest absolute Gasteiger partial charge is 0.272 e. The Morgan fingerprint density at radius 3 is 2.75 bits per heavy atom. The number of nitrogens with two attached hydrogens (primary N) is 1. The summed E-state index contributed by atoms with van der Waals surface area (Å²) in [5, 5.41) is 7.18. The molecule has 6 heteroatoms. The maximum absolute atomic E-state index is 12.8. The summed E-state index contributed by atoms with van der Waals surface area (Å²) in [5.74, 6) is 0.621. The predicted molar refractivity (Wildman–Crippen MR) is 98.3 cm³/mol. The number of aromatic amines is 1. The minimum atomic E-state index is -0.00166. The molecule has 1 saturated heterocycles. The largest absolute Gasteiger partial charge is 0.333 e. The van der Waals surface area contributed by atoms with Gasteiger partial charge in [0.05, 0.1) is 5.69 Å². The van der Waals surface area contributed by atoms with Gasteiger partial charge >= 0.3 is 0 Å². The first-order valence-corrected chi connectivity index (χ1v) is 8.22. The second-order valence-electron chi connectivity index (χ2n) is 6.55. The fourth-order valence-electron chi connectivity index (χ4n) is 3.20. The molecule has 5 nitrogen and oxygen atoms in total. The fourth-order valence-corrected chi connectivity index (χ4v) is 3.20. The van der Waals surface area contributed by atoms with E-state index in [1.807, 2.05) is 42.2 Å². The summed E-state index contributed by atoms with van der Waals surface area (Å²) in [6.07, 6.45) is 2.00. The molecule has 1 amide bonds. The van der Waals surface area contributed by atoms with Crippen molar-refractivity contribution >= 4 is 18.3 Å². The number of carbonyl (C=O) groups excluding carboxylic acids is 1. The monoisotopic (exact) mass is 348 g/mol. The average Bonchev–Trinajstić information content (AvgIpc) is 3.04. The molecule has 0 spiro atoms. The number of halogens is 1. The molecule has 24 heavy (non-hydrogen) atoms. The topological polar surface area (TPSA) is 75.0 Å². The van der Waals surface area contributed by atoms with Gasteiger partial charge in [-0.2, -0.15) is 5.10 Å². The second kappa shape index (κ2) is 7.81. The van der Waals surface area contributed by atoms with Crippen molar-refractivity contribution in [3.8, 4) is 11.3 Å². The summed E-state index contributed by atoms with van der Waals surface area (Å²) in [7, 11) is 0. The van der Waals surface area contributed by atoms with Gasteiger partial charge in [-0.25, -0.2) is 0 Å². The van der Waals surface area contributed by atoms with Crippen molar-refractivity contribution in [2.45, 2.75) is 32.7 Å². The number of hydrogen-bond donors (Lipinski definition) is 2. The van der Waals surface area contributed by atoms with Crippen LogP contribution in [-0.2, 0) is 0 Å². The van der Waals surface area contributed by atoms with Gasteiger partial charge in [0, 0.05) is 24.7 Å². The van der Waals surface area contributed by atoms with Crippen LogP contribution in [0.2, 0.25) is 0 Å². The van der Waals surface area contributed by atoms with Crippen LogP contribution in [0.1, 0.15) is 35.8 Å². The lowest BCUT2D eigenvalue weighted by Gasteiger charge is -2.37. The highest BCUT2D eigenvalue weighted by Crippen LogP contribution is 2.24. The molecule has 3 N–H and O–H groups in total. The summed E-state index contributed by atoms with van der Waals surface area (Å²) in [5.41, 5.74) is 9.40. The summed E-state index contributed by atoms with van der Waals surface area (Å²) < 4.78 is 0. The minimum Gasteiger partial charge on any atom is -0.333 e. The SMILES string of the molecule is Cc1ccc(-c2cc(C(=O)N3CCC(C)CC3CN)[nH]n2)cc1.Cl. The van der Waals surface area contributed by atoms with Gasteiger partial charge in [-0.3, -0.25) is 9.89 Å². The van der Waals surface area contributed by atoms with Crippen LogP contribution in [0.5, 0.6) is 0 Å². The van der Waals surface area contributed by atoms with Gasteiger partial charge in [0.1, 0.15) is 5.69 Å². The van der Waals surface area contributed by atoms with Crippen LogP contribution in [0.3, 0.4) is 0 Å². The maximum Gasteiger partial charge on any atom is 0.272 e. The molecule has 0 saturated carbocycles. The number of carbonyl (C=O) groups is 1. The normalized spacial score (nSPS) is 20.5. The minimum absolute atomic E-state index is 0. The van der Waals surface area contributed by atoms with Crippen LogP contribution in [0, 0.1) is 12.8 Å². The number of likely N-dealkylation sites (tertiary alicyclic amines) is 1. The molecule has 1 aromatic carbocycles. The van der Waals surface area contributed by atoms with Gasteiger partial charge in [-0.05, 0) is 31.7 Å². The molecule has 0 bridgehead atoms. The number of H-pyrrole nitrogens is 1. The molecule has 2 heterocycles. The van der Waals surface area contributed by atoms with Crippen LogP contribution in [0.4, 0.5) is 0 Å². The van der Waals surface area contributed by atoms with Gasteiger partial charge in [-0.15, -0.1) is 12.4 Å². The quantitative estimate of drug-likeness (QED) is 0.895. The molecular weight excluding hydrogens is 324 g/mol. The molecule has 1 aliphatic rings. The Bertz CT molecular complexity index is 683. The lowest BCUT2D eigenvalue weighted by molar-refractivity contribution is 0.0567. The highest BCUT2D eigenvalue weighted by molar-refractivity contribution is 5.93. The van der Waals surface area contributed by atoms with Crippen LogP contribution in [-0.4, -0.2) is 40.1 Å². The number of piperidine rings is 1. The average molecular weight is 349 g/mol. The first-order valence-electron chi connectivity index (χ1n) is 8.22. The molecule has 2 atom stereocenters. The van der Waals surface area contributed by atoms with E-state index < -0.39 is 0 Å². The zero-order valence-electron chi connectivity index (χ0n) is 14.2. The summed E-state index contributed by atoms with van der Waals surface area (Å²) in [4.78, 5) is 14.7. The number of nitrogens with one attached hydrogen (secondary N) is 1. The molecule has 2 unspecified atom stereocenters. The highest BCUT2D eigenvalue weighted by Gasteiger charge is 2.30. The number of benzene rings is 1. The lowest BCUT2D eigenvalue weighted by atomic mass is 9.92. The van der Waals surface area contributed by atoms with E-state index in [2.05, 4.69) is 17.1 Å². The van der Waals surface area contributed by atoms with Crippen molar-refractivity contribution in [2.75, 3.05) is 13.1 Å². The highest BCUT2D eigenvalue weighted by atomic mass is 35.5. The molecule has 0 radical (unpaired) electrons. The third-order valence-electron chi connectivity index (χ3n) is 4.67. The van der Waals surface area contributed by atoms with Crippen LogP contribution < -0.4 is 5.73 Å². The first-order chi connectivity index (χ1) is 11.1. The van der Waals surface area contributed by atoms with E-state index in [4.69, 9.17) is 5.73 Å². The van der Waals surface area contributed by atoms with Gasteiger partial charge in [-0.1, -0.05) is 36.8 Å². The van der Waals surface area contributed by atoms with Crippen molar-refractivity contribution in [3.63, 3.8) is 0 Å². The van der Waals surface area contributed by atoms with Crippen LogP contribution in [0.15, 0.2) is 30.3 Å². The van der Waals surface area contributed by atoms with Crippen molar-refractivity contribution < 1.29 is 4.79 Å².